The van der Waals surface area contributed by atoms with Gasteiger partial charge in [-0.2, -0.15) is 4.98 Å². The Balaban J connectivity index is 2.72. The standard InChI is InChI=1S/C11H13ClN2O/c1-11(2,3)6-4-7(12)9-8(5-6)14-10(13)15-9/h4-5H,1-3H3,(H2,13,14). The minimum Gasteiger partial charge on any atom is -0.422 e. The van der Waals surface area contributed by atoms with E-state index in [1.54, 1.807) is 0 Å². The van der Waals surface area contributed by atoms with Crippen molar-refractivity contribution < 1.29 is 4.42 Å². The molecule has 2 rings (SSSR count). The Labute approximate surface area is 93.2 Å². The summed E-state index contributed by atoms with van der Waals surface area (Å²) in [5, 5.41) is 0.557. The highest BCUT2D eigenvalue weighted by Gasteiger charge is 2.17. The van der Waals surface area contributed by atoms with E-state index in [1.165, 1.54) is 0 Å². The zero-order valence-electron chi connectivity index (χ0n) is 8.97. The van der Waals surface area contributed by atoms with Crippen LogP contribution in [0.15, 0.2) is 16.5 Å². The molecule has 3 nitrogen and oxygen atoms in total. The molecule has 0 amide bonds. The molecule has 4 heteroatoms. The fourth-order valence-corrected chi connectivity index (χ4v) is 1.70. The molecule has 0 bridgehead atoms. The minimum atomic E-state index is 0.0333. The van der Waals surface area contributed by atoms with Crippen molar-refractivity contribution in [3.8, 4) is 0 Å². The van der Waals surface area contributed by atoms with Crippen molar-refractivity contribution >= 4 is 28.7 Å². The first-order chi connectivity index (χ1) is 6.88. The van der Waals surface area contributed by atoms with Crippen molar-refractivity contribution in [2.45, 2.75) is 26.2 Å². The second-order valence-electron chi connectivity index (χ2n) is 4.61. The van der Waals surface area contributed by atoms with Gasteiger partial charge in [0, 0.05) is 0 Å². The zero-order valence-corrected chi connectivity index (χ0v) is 9.72. The van der Waals surface area contributed by atoms with E-state index in [4.69, 9.17) is 21.8 Å². The topological polar surface area (TPSA) is 52.0 Å². The summed E-state index contributed by atoms with van der Waals surface area (Å²) in [6.45, 7) is 6.36. The van der Waals surface area contributed by atoms with E-state index in [0.717, 1.165) is 5.56 Å². The molecule has 0 saturated heterocycles. The smallest absolute Gasteiger partial charge is 0.293 e. The molecule has 2 aromatic rings. The highest BCUT2D eigenvalue weighted by Crippen LogP contribution is 2.32. The highest BCUT2D eigenvalue weighted by molar-refractivity contribution is 6.34. The second kappa shape index (κ2) is 3.14. The molecular formula is C11H13ClN2O. The van der Waals surface area contributed by atoms with Crippen LogP contribution < -0.4 is 5.73 Å². The number of rotatable bonds is 0. The summed E-state index contributed by atoms with van der Waals surface area (Å²) in [6, 6.07) is 4.01. The van der Waals surface area contributed by atoms with Gasteiger partial charge in [-0.05, 0) is 23.1 Å². The molecule has 0 aliphatic carbocycles. The number of fused-ring (bicyclic) bond motifs is 1. The Morgan fingerprint density at radius 2 is 2.00 bits per heavy atom. The van der Waals surface area contributed by atoms with Gasteiger partial charge in [-0.25, -0.2) is 0 Å². The first-order valence-electron chi connectivity index (χ1n) is 4.74. The van der Waals surface area contributed by atoms with E-state index in [1.807, 2.05) is 12.1 Å². The summed E-state index contributed by atoms with van der Waals surface area (Å²) >= 11 is 6.09. The van der Waals surface area contributed by atoms with Crippen molar-refractivity contribution in [3.63, 3.8) is 0 Å². The number of nitrogens with two attached hydrogens (primary N) is 1. The van der Waals surface area contributed by atoms with Crippen LogP contribution >= 0.6 is 11.6 Å². The number of halogens is 1. The molecule has 80 valence electrons. The molecule has 0 aliphatic rings. The van der Waals surface area contributed by atoms with Crippen molar-refractivity contribution in [2.75, 3.05) is 5.73 Å². The minimum absolute atomic E-state index is 0.0333. The van der Waals surface area contributed by atoms with Crippen LogP contribution in [0, 0.1) is 0 Å². The SMILES string of the molecule is CC(C)(C)c1cc(Cl)c2oc(N)nc2c1. The average Bonchev–Trinajstić information content (AvgIpc) is 2.44. The van der Waals surface area contributed by atoms with Gasteiger partial charge >= 0.3 is 0 Å². The lowest BCUT2D eigenvalue weighted by Crippen LogP contribution is -2.10. The molecule has 0 atom stereocenters. The molecule has 0 saturated carbocycles. The first kappa shape index (κ1) is 10.3. The Bertz CT molecular complexity index is 511. The molecule has 0 fully saturated rings. The molecule has 15 heavy (non-hydrogen) atoms. The van der Waals surface area contributed by atoms with Gasteiger partial charge in [-0.1, -0.05) is 32.4 Å². The van der Waals surface area contributed by atoms with Crippen molar-refractivity contribution in [3.05, 3.63) is 22.7 Å². The molecule has 1 aromatic heterocycles. The first-order valence-corrected chi connectivity index (χ1v) is 5.12. The third-order valence-electron chi connectivity index (χ3n) is 2.33. The molecular weight excluding hydrogens is 212 g/mol. The van der Waals surface area contributed by atoms with Crippen LogP contribution in [0.4, 0.5) is 6.01 Å². The lowest BCUT2D eigenvalue weighted by molar-refractivity contribution is 0.590. The second-order valence-corrected chi connectivity index (χ2v) is 5.02. The summed E-state index contributed by atoms with van der Waals surface area (Å²) < 4.78 is 5.20. The Morgan fingerprint density at radius 1 is 1.33 bits per heavy atom. The molecule has 0 spiro atoms. The lowest BCUT2D eigenvalue weighted by atomic mass is 9.87. The molecule has 0 aliphatic heterocycles. The van der Waals surface area contributed by atoms with E-state index in [-0.39, 0.29) is 11.4 Å². The maximum absolute atomic E-state index is 6.09. The summed E-state index contributed by atoms with van der Waals surface area (Å²) in [5.74, 6) is 0. The van der Waals surface area contributed by atoms with Crippen molar-refractivity contribution in [1.82, 2.24) is 4.98 Å². The van der Waals surface area contributed by atoms with Gasteiger partial charge in [0.15, 0.2) is 5.58 Å². The van der Waals surface area contributed by atoms with Crippen LogP contribution in [0.25, 0.3) is 11.1 Å². The summed E-state index contributed by atoms with van der Waals surface area (Å²) in [7, 11) is 0. The van der Waals surface area contributed by atoms with Gasteiger partial charge in [-0.3, -0.25) is 0 Å². The number of anilines is 1. The normalized spacial score (nSPS) is 12.3. The third kappa shape index (κ3) is 1.79. The van der Waals surface area contributed by atoms with Crippen LogP contribution in [0.2, 0.25) is 5.02 Å². The largest absolute Gasteiger partial charge is 0.422 e. The van der Waals surface area contributed by atoms with E-state index >= 15 is 0 Å². The predicted molar refractivity (Wildman–Crippen MR) is 62.1 cm³/mol. The van der Waals surface area contributed by atoms with Crippen molar-refractivity contribution in [2.24, 2.45) is 0 Å². The van der Waals surface area contributed by atoms with Gasteiger partial charge in [0.1, 0.15) is 5.52 Å². The van der Waals surface area contributed by atoms with Gasteiger partial charge in [0.2, 0.25) is 0 Å². The quantitative estimate of drug-likeness (QED) is 0.747. The van der Waals surface area contributed by atoms with E-state index in [9.17, 15) is 0 Å². The Hall–Kier alpha value is -1.22. The Morgan fingerprint density at radius 3 is 2.60 bits per heavy atom. The van der Waals surface area contributed by atoms with E-state index < -0.39 is 0 Å². The highest BCUT2D eigenvalue weighted by atomic mass is 35.5. The average molecular weight is 225 g/mol. The van der Waals surface area contributed by atoms with E-state index in [0.29, 0.717) is 16.1 Å². The summed E-state index contributed by atoms with van der Waals surface area (Å²) in [6.07, 6.45) is 0. The third-order valence-corrected chi connectivity index (χ3v) is 2.61. The monoisotopic (exact) mass is 224 g/mol. The zero-order chi connectivity index (χ0) is 11.2. The van der Waals surface area contributed by atoms with Crippen LogP contribution in [-0.4, -0.2) is 4.98 Å². The van der Waals surface area contributed by atoms with Crippen LogP contribution in [0.5, 0.6) is 0 Å². The van der Waals surface area contributed by atoms with Gasteiger partial charge in [-0.15, -0.1) is 0 Å². The van der Waals surface area contributed by atoms with Gasteiger partial charge in [0.05, 0.1) is 5.02 Å². The van der Waals surface area contributed by atoms with Gasteiger partial charge in [0.25, 0.3) is 6.01 Å². The fraction of sp³-hybridized carbons (Fsp3) is 0.364. The molecule has 1 heterocycles. The lowest BCUT2D eigenvalue weighted by Gasteiger charge is -2.18. The van der Waals surface area contributed by atoms with E-state index in [2.05, 4.69) is 25.8 Å². The maximum atomic E-state index is 6.09. The molecule has 0 unspecified atom stereocenters. The Kier molecular flexibility index (Phi) is 2.15. The number of hydrogen-bond donors (Lipinski definition) is 1. The van der Waals surface area contributed by atoms with Gasteiger partial charge < -0.3 is 10.2 Å². The number of nitrogens with zero attached hydrogens (tertiary/aromatic N) is 1. The number of oxazole rings is 1. The molecule has 1 aromatic carbocycles. The van der Waals surface area contributed by atoms with Crippen LogP contribution in [0.1, 0.15) is 26.3 Å². The summed E-state index contributed by atoms with van der Waals surface area (Å²) in [5.41, 5.74) is 7.90. The fourth-order valence-electron chi connectivity index (χ4n) is 1.44. The number of benzene rings is 1. The van der Waals surface area contributed by atoms with Crippen LogP contribution in [0.3, 0.4) is 0 Å². The predicted octanol–water partition coefficient (Wildman–Crippen LogP) is 3.36. The number of aromatic nitrogens is 1. The molecule has 0 radical (unpaired) electrons. The molecule has 2 N–H and O–H groups in total. The maximum Gasteiger partial charge on any atom is 0.293 e. The van der Waals surface area contributed by atoms with Crippen molar-refractivity contribution in [1.29, 1.82) is 0 Å². The number of hydrogen-bond acceptors (Lipinski definition) is 3. The summed E-state index contributed by atoms with van der Waals surface area (Å²) in [4.78, 5) is 4.07. The number of nitrogen functional groups attached to an aromatic ring is 1. The van der Waals surface area contributed by atoms with Crippen LogP contribution in [-0.2, 0) is 5.41 Å².